The van der Waals surface area contributed by atoms with E-state index in [4.69, 9.17) is 5.11 Å². The first-order chi connectivity index (χ1) is 8.32. The summed E-state index contributed by atoms with van der Waals surface area (Å²) >= 11 is 0.941. The molecule has 1 fully saturated rings. The van der Waals surface area contributed by atoms with Crippen molar-refractivity contribution in [3.63, 3.8) is 0 Å². The number of carboxylic acid groups (broad SMARTS) is 1. The maximum atomic E-state index is 12.3. The zero-order valence-corrected chi connectivity index (χ0v) is 11.3. The van der Waals surface area contributed by atoms with Crippen LogP contribution in [0.1, 0.15) is 21.0 Å². The van der Waals surface area contributed by atoms with Crippen molar-refractivity contribution in [2.45, 2.75) is 24.3 Å². The van der Waals surface area contributed by atoms with Crippen molar-refractivity contribution in [3.05, 3.63) is 15.8 Å². The van der Waals surface area contributed by atoms with E-state index in [2.05, 4.69) is 0 Å². The molecule has 1 saturated heterocycles. The Hall–Kier alpha value is -0.960. The predicted molar refractivity (Wildman–Crippen MR) is 65.4 cm³/mol. The number of nitrogens with zero attached hydrogens (tertiary/aromatic N) is 1. The van der Waals surface area contributed by atoms with Gasteiger partial charge >= 0.3 is 5.97 Å². The highest BCUT2D eigenvalue weighted by Crippen LogP contribution is 2.29. The van der Waals surface area contributed by atoms with Gasteiger partial charge in [-0.25, -0.2) is 13.2 Å². The summed E-state index contributed by atoms with van der Waals surface area (Å²) in [7, 11) is -3.69. The Kier molecular flexibility index (Phi) is 3.45. The van der Waals surface area contributed by atoms with Crippen molar-refractivity contribution in [1.29, 1.82) is 0 Å². The topological polar surface area (TPSA) is 94.9 Å². The summed E-state index contributed by atoms with van der Waals surface area (Å²) in [6.07, 6.45) is -0.230. The summed E-state index contributed by atoms with van der Waals surface area (Å²) in [6.45, 7) is 1.91. The third-order valence-corrected chi connectivity index (χ3v) is 5.99. The van der Waals surface area contributed by atoms with Gasteiger partial charge in [0, 0.05) is 18.0 Å². The number of β-amino-alcohol motifs (C(OH)–C–C–N with tert-alkyl or cyclic N) is 1. The van der Waals surface area contributed by atoms with Crippen LogP contribution in [0.5, 0.6) is 0 Å². The average molecular weight is 291 g/mol. The molecular weight excluding hydrogens is 278 g/mol. The first kappa shape index (κ1) is 13.5. The number of aromatic carboxylic acids is 1. The molecule has 0 bridgehead atoms. The molecule has 18 heavy (non-hydrogen) atoms. The third-order valence-electron chi connectivity index (χ3n) is 2.83. The second-order valence-corrected chi connectivity index (χ2v) is 7.30. The van der Waals surface area contributed by atoms with E-state index in [1.807, 2.05) is 0 Å². The highest BCUT2D eigenvalue weighted by atomic mass is 32.2. The van der Waals surface area contributed by atoms with Crippen molar-refractivity contribution >= 4 is 27.3 Å². The molecule has 1 aromatic heterocycles. The molecule has 1 atom stereocenters. The van der Waals surface area contributed by atoms with Gasteiger partial charge in [0.2, 0.25) is 10.0 Å². The first-order valence-electron chi connectivity index (χ1n) is 5.34. The molecule has 0 spiro atoms. The Morgan fingerprint density at radius 2 is 2.22 bits per heavy atom. The first-order valence-corrected chi connectivity index (χ1v) is 7.60. The standard InChI is InChI=1S/C10H13NO5S2/c1-6-9(4-8(17-6)10(13)14)18(15,16)11-3-2-7(12)5-11/h4,7,12H,2-3,5H2,1H3,(H,13,14)/t7-/m0/s1. The summed E-state index contributed by atoms with van der Waals surface area (Å²) in [5.74, 6) is -1.13. The van der Waals surface area contributed by atoms with Gasteiger partial charge in [0.15, 0.2) is 0 Å². The van der Waals surface area contributed by atoms with Gasteiger partial charge in [-0.05, 0) is 19.4 Å². The summed E-state index contributed by atoms with van der Waals surface area (Å²) in [4.78, 5) is 11.3. The smallest absolute Gasteiger partial charge is 0.345 e. The van der Waals surface area contributed by atoms with Gasteiger partial charge in [0.05, 0.1) is 11.0 Å². The zero-order chi connectivity index (χ0) is 13.5. The number of sulfonamides is 1. The van der Waals surface area contributed by atoms with Crippen molar-refractivity contribution in [3.8, 4) is 0 Å². The Morgan fingerprint density at radius 3 is 2.67 bits per heavy atom. The van der Waals surface area contributed by atoms with Crippen LogP contribution in [0.4, 0.5) is 0 Å². The van der Waals surface area contributed by atoms with E-state index in [1.165, 1.54) is 10.4 Å². The number of carbonyl (C=O) groups is 1. The molecule has 6 nitrogen and oxygen atoms in total. The van der Waals surface area contributed by atoms with Crippen LogP contribution in [0.2, 0.25) is 0 Å². The lowest BCUT2D eigenvalue weighted by Crippen LogP contribution is -2.29. The van der Waals surface area contributed by atoms with Crippen molar-refractivity contribution < 1.29 is 23.4 Å². The second-order valence-electron chi connectivity index (χ2n) is 4.14. The Morgan fingerprint density at radius 1 is 1.56 bits per heavy atom. The molecule has 1 aliphatic heterocycles. The molecule has 0 aliphatic carbocycles. The molecule has 0 saturated carbocycles. The molecule has 2 rings (SSSR count). The van der Waals surface area contributed by atoms with Crippen LogP contribution < -0.4 is 0 Å². The molecule has 2 N–H and O–H groups in total. The number of aryl methyl sites for hydroxylation is 1. The number of carboxylic acids is 1. The van der Waals surface area contributed by atoms with E-state index >= 15 is 0 Å². The third kappa shape index (κ3) is 2.28. The highest BCUT2D eigenvalue weighted by molar-refractivity contribution is 7.89. The second kappa shape index (κ2) is 4.61. The minimum atomic E-state index is -3.69. The number of aliphatic hydroxyl groups is 1. The molecule has 1 aliphatic rings. The summed E-state index contributed by atoms with van der Waals surface area (Å²) in [6, 6.07) is 1.18. The normalized spacial score (nSPS) is 21.3. The lowest BCUT2D eigenvalue weighted by atomic mass is 10.3. The van der Waals surface area contributed by atoms with Crippen molar-refractivity contribution in [2.75, 3.05) is 13.1 Å². The fourth-order valence-electron chi connectivity index (χ4n) is 1.89. The fourth-order valence-corrected chi connectivity index (χ4v) is 4.79. The van der Waals surface area contributed by atoms with Crippen LogP contribution in [-0.2, 0) is 10.0 Å². The molecule has 8 heteroatoms. The quantitative estimate of drug-likeness (QED) is 0.846. The molecule has 0 radical (unpaired) electrons. The summed E-state index contributed by atoms with van der Waals surface area (Å²) in [5, 5.41) is 18.2. The van der Waals surface area contributed by atoms with E-state index in [9.17, 15) is 18.3 Å². The molecule has 0 unspecified atom stereocenters. The number of hydrogen-bond acceptors (Lipinski definition) is 5. The lowest BCUT2D eigenvalue weighted by molar-refractivity contribution is 0.0702. The van der Waals surface area contributed by atoms with Crippen molar-refractivity contribution in [1.82, 2.24) is 4.31 Å². The lowest BCUT2D eigenvalue weighted by Gasteiger charge is -2.15. The largest absolute Gasteiger partial charge is 0.477 e. The van der Waals surface area contributed by atoms with Crippen LogP contribution in [0.15, 0.2) is 11.0 Å². The van der Waals surface area contributed by atoms with Crippen LogP contribution in [0, 0.1) is 6.92 Å². The summed E-state index contributed by atoms with van der Waals surface area (Å²) in [5.41, 5.74) is 0. The van der Waals surface area contributed by atoms with Gasteiger partial charge in [0.1, 0.15) is 4.88 Å². The molecule has 0 aromatic carbocycles. The van der Waals surface area contributed by atoms with E-state index in [0.717, 1.165) is 11.3 Å². The Balaban J connectivity index is 2.38. The maximum Gasteiger partial charge on any atom is 0.345 e. The predicted octanol–water partition coefficient (Wildman–Crippen LogP) is 0.510. The average Bonchev–Trinajstić information content (AvgIpc) is 2.85. The minimum Gasteiger partial charge on any atom is -0.477 e. The van der Waals surface area contributed by atoms with E-state index in [0.29, 0.717) is 11.3 Å². The highest BCUT2D eigenvalue weighted by Gasteiger charge is 2.33. The van der Waals surface area contributed by atoms with Gasteiger partial charge in [-0.3, -0.25) is 0 Å². The molecule has 0 amide bonds. The van der Waals surface area contributed by atoms with Gasteiger partial charge in [-0.1, -0.05) is 0 Å². The molecule has 2 heterocycles. The van der Waals surface area contributed by atoms with Gasteiger partial charge in [-0.2, -0.15) is 4.31 Å². The maximum absolute atomic E-state index is 12.3. The number of thiophene rings is 1. The zero-order valence-electron chi connectivity index (χ0n) is 9.66. The van der Waals surface area contributed by atoms with Crippen molar-refractivity contribution in [2.24, 2.45) is 0 Å². The van der Waals surface area contributed by atoms with Gasteiger partial charge in [-0.15, -0.1) is 11.3 Å². The number of rotatable bonds is 3. The van der Waals surface area contributed by atoms with Crippen LogP contribution in [0.25, 0.3) is 0 Å². The Bertz CT molecular complexity index is 577. The van der Waals surface area contributed by atoms with Crippen LogP contribution >= 0.6 is 11.3 Å². The SMILES string of the molecule is Cc1sc(C(=O)O)cc1S(=O)(=O)N1CC[C@H](O)C1. The van der Waals surface area contributed by atoms with E-state index in [1.54, 1.807) is 6.92 Å². The van der Waals surface area contributed by atoms with Crippen LogP contribution in [-0.4, -0.2) is 48.1 Å². The fraction of sp³-hybridized carbons (Fsp3) is 0.500. The van der Waals surface area contributed by atoms with Crippen LogP contribution in [0.3, 0.4) is 0 Å². The van der Waals surface area contributed by atoms with Gasteiger partial charge in [0.25, 0.3) is 0 Å². The monoisotopic (exact) mass is 291 g/mol. The number of hydrogen-bond donors (Lipinski definition) is 2. The number of aliphatic hydroxyl groups excluding tert-OH is 1. The van der Waals surface area contributed by atoms with E-state index in [-0.39, 0.29) is 22.9 Å². The summed E-state index contributed by atoms with van der Waals surface area (Å²) < 4.78 is 25.7. The van der Waals surface area contributed by atoms with Gasteiger partial charge < -0.3 is 10.2 Å². The Labute approximate surface area is 109 Å². The minimum absolute atomic E-state index is 0.00539. The van der Waals surface area contributed by atoms with E-state index < -0.39 is 22.1 Å². The molecule has 100 valence electrons. The molecule has 1 aromatic rings. The molecular formula is C10H13NO5S2.